The molecule has 2 unspecified atom stereocenters. The summed E-state index contributed by atoms with van der Waals surface area (Å²) >= 11 is 0. The van der Waals surface area contributed by atoms with Gasteiger partial charge in [0.2, 0.25) is 5.91 Å². The fraction of sp³-hybridized carbons (Fsp3) is 0.250. The molecule has 0 saturated carbocycles. The number of benzene rings is 2. The Kier molecular flexibility index (Phi) is 5.49. The Morgan fingerprint density at radius 3 is 2.48 bits per heavy atom. The van der Waals surface area contributed by atoms with Crippen molar-refractivity contribution in [1.29, 1.82) is 0 Å². The van der Waals surface area contributed by atoms with Crippen LogP contribution >= 0.6 is 0 Å². The highest BCUT2D eigenvalue weighted by molar-refractivity contribution is 6.06. The van der Waals surface area contributed by atoms with Gasteiger partial charge in [0.1, 0.15) is 18.4 Å². The van der Waals surface area contributed by atoms with Gasteiger partial charge in [0.05, 0.1) is 6.04 Å². The van der Waals surface area contributed by atoms with Gasteiger partial charge in [0.25, 0.3) is 5.91 Å². The summed E-state index contributed by atoms with van der Waals surface area (Å²) in [5.74, 6) is -1.25. The molecule has 0 bridgehead atoms. The summed E-state index contributed by atoms with van der Waals surface area (Å²) in [6.07, 6.45) is 0.371. The van der Waals surface area contributed by atoms with E-state index in [1.807, 2.05) is 30.3 Å². The maximum atomic E-state index is 13.0. The molecule has 7 heteroatoms. The van der Waals surface area contributed by atoms with Gasteiger partial charge in [-0.05, 0) is 30.2 Å². The molecule has 140 valence electrons. The predicted octanol–water partition coefficient (Wildman–Crippen LogP) is 2.17. The van der Waals surface area contributed by atoms with Crippen LogP contribution in [-0.4, -0.2) is 35.3 Å². The van der Waals surface area contributed by atoms with Crippen LogP contribution in [0.5, 0.6) is 0 Å². The van der Waals surface area contributed by atoms with E-state index in [4.69, 9.17) is 0 Å². The third-order valence-electron chi connectivity index (χ3n) is 4.44. The number of nitrogens with one attached hydrogen (secondary N) is 2. The lowest BCUT2D eigenvalue weighted by molar-refractivity contribution is -0.132. The maximum absolute atomic E-state index is 13.0. The molecule has 1 saturated heterocycles. The van der Waals surface area contributed by atoms with Gasteiger partial charge in [-0.3, -0.25) is 14.5 Å². The van der Waals surface area contributed by atoms with E-state index in [0.717, 1.165) is 16.0 Å². The van der Waals surface area contributed by atoms with Crippen LogP contribution in [0.1, 0.15) is 24.1 Å². The van der Waals surface area contributed by atoms with Crippen LogP contribution in [-0.2, 0) is 16.0 Å². The number of rotatable bonds is 6. The van der Waals surface area contributed by atoms with E-state index in [0.29, 0.717) is 6.42 Å². The molecule has 4 amide bonds. The van der Waals surface area contributed by atoms with Gasteiger partial charge < -0.3 is 10.6 Å². The molecular weight excluding hydrogens is 349 g/mol. The lowest BCUT2D eigenvalue weighted by Gasteiger charge is -2.17. The minimum atomic E-state index is -0.678. The quantitative estimate of drug-likeness (QED) is 0.766. The van der Waals surface area contributed by atoms with Crippen LogP contribution in [0.3, 0.4) is 0 Å². The van der Waals surface area contributed by atoms with E-state index in [-0.39, 0.29) is 18.4 Å². The predicted molar refractivity (Wildman–Crippen MR) is 97.1 cm³/mol. The van der Waals surface area contributed by atoms with Gasteiger partial charge in [0, 0.05) is 6.42 Å². The minimum Gasteiger partial charge on any atom is -0.348 e. The average molecular weight is 369 g/mol. The fourth-order valence-corrected chi connectivity index (χ4v) is 2.98. The molecule has 2 N–H and O–H groups in total. The molecule has 2 aromatic carbocycles. The lowest BCUT2D eigenvalue weighted by Crippen LogP contribution is -2.42. The van der Waals surface area contributed by atoms with E-state index < -0.39 is 23.9 Å². The Bertz CT molecular complexity index is 839. The summed E-state index contributed by atoms with van der Waals surface area (Å²) in [6, 6.07) is 13.5. The van der Waals surface area contributed by atoms with Crippen molar-refractivity contribution in [1.82, 2.24) is 15.5 Å². The average Bonchev–Trinajstić information content (AvgIpc) is 2.90. The molecule has 1 fully saturated rings. The van der Waals surface area contributed by atoms with E-state index >= 15 is 0 Å². The number of nitrogens with zero attached hydrogens (tertiary/aromatic N) is 1. The Morgan fingerprint density at radius 2 is 1.81 bits per heavy atom. The highest BCUT2D eigenvalue weighted by Gasteiger charge is 2.38. The number of hydrogen-bond donors (Lipinski definition) is 2. The number of urea groups is 1. The van der Waals surface area contributed by atoms with Crippen LogP contribution in [0.25, 0.3) is 0 Å². The summed E-state index contributed by atoms with van der Waals surface area (Å²) in [6.45, 7) is 1.39. The zero-order chi connectivity index (χ0) is 19.4. The Balaban J connectivity index is 1.58. The minimum absolute atomic E-state index is 0.360. The first-order valence-corrected chi connectivity index (χ1v) is 8.64. The Hall–Kier alpha value is -3.22. The molecule has 1 aliphatic heterocycles. The molecular formula is C20H20FN3O3. The molecule has 0 spiro atoms. The van der Waals surface area contributed by atoms with E-state index in [9.17, 15) is 18.8 Å². The van der Waals surface area contributed by atoms with Crippen molar-refractivity contribution >= 4 is 17.8 Å². The van der Waals surface area contributed by atoms with Crippen LogP contribution in [0.2, 0.25) is 0 Å². The number of halogens is 1. The molecule has 6 nitrogen and oxygen atoms in total. The topological polar surface area (TPSA) is 78.5 Å². The zero-order valence-corrected chi connectivity index (χ0v) is 14.8. The summed E-state index contributed by atoms with van der Waals surface area (Å²) < 4.78 is 13.0. The summed E-state index contributed by atoms with van der Waals surface area (Å²) in [5, 5.41) is 5.33. The summed E-state index contributed by atoms with van der Waals surface area (Å²) in [4.78, 5) is 37.7. The van der Waals surface area contributed by atoms with Crippen molar-refractivity contribution in [2.75, 3.05) is 6.54 Å². The number of imide groups is 1. The normalized spacial score (nSPS) is 17.6. The van der Waals surface area contributed by atoms with Crippen LogP contribution in [0.4, 0.5) is 9.18 Å². The highest BCUT2D eigenvalue weighted by Crippen LogP contribution is 2.14. The van der Waals surface area contributed by atoms with Gasteiger partial charge in [-0.2, -0.15) is 0 Å². The van der Waals surface area contributed by atoms with Crippen LogP contribution in [0, 0.1) is 5.82 Å². The first-order valence-electron chi connectivity index (χ1n) is 8.64. The second-order valence-electron chi connectivity index (χ2n) is 6.46. The molecule has 2 aromatic rings. The van der Waals surface area contributed by atoms with Gasteiger partial charge in [-0.25, -0.2) is 9.18 Å². The summed E-state index contributed by atoms with van der Waals surface area (Å²) in [7, 11) is 0. The molecule has 1 aliphatic rings. The van der Waals surface area contributed by atoms with Crippen LogP contribution < -0.4 is 10.6 Å². The highest BCUT2D eigenvalue weighted by atomic mass is 19.1. The van der Waals surface area contributed by atoms with Gasteiger partial charge in [0.15, 0.2) is 0 Å². The van der Waals surface area contributed by atoms with Gasteiger partial charge >= 0.3 is 6.03 Å². The number of hydrogen-bond acceptors (Lipinski definition) is 3. The largest absolute Gasteiger partial charge is 0.348 e. The van der Waals surface area contributed by atoms with Crippen molar-refractivity contribution in [3.63, 3.8) is 0 Å². The van der Waals surface area contributed by atoms with Crippen molar-refractivity contribution in [3.05, 3.63) is 71.5 Å². The third kappa shape index (κ3) is 4.49. The first kappa shape index (κ1) is 18.6. The van der Waals surface area contributed by atoms with Gasteiger partial charge in [-0.1, -0.05) is 42.5 Å². The standard InChI is InChI=1S/C20H20FN3O3/c1-13(15-7-9-16(21)10-8-15)22-18(25)12-24-19(26)17(23-20(24)27)11-14-5-3-2-4-6-14/h2-10,13,17H,11-12H2,1H3,(H,22,25)(H,23,27). The first-order chi connectivity index (χ1) is 12.9. The summed E-state index contributed by atoms with van der Waals surface area (Å²) in [5.41, 5.74) is 1.65. The van der Waals surface area contributed by atoms with Crippen LogP contribution in [0.15, 0.2) is 54.6 Å². The Labute approximate surface area is 156 Å². The second-order valence-corrected chi connectivity index (χ2v) is 6.46. The second kappa shape index (κ2) is 7.99. The van der Waals surface area contributed by atoms with Crippen molar-refractivity contribution < 1.29 is 18.8 Å². The molecule has 0 aliphatic carbocycles. The maximum Gasteiger partial charge on any atom is 0.325 e. The molecule has 1 heterocycles. The zero-order valence-electron chi connectivity index (χ0n) is 14.8. The van der Waals surface area contributed by atoms with Crippen molar-refractivity contribution in [3.8, 4) is 0 Å². The molecule has 0 radical (unpaired) electrons. The monoisotopic (exact) mass is 369 g/mol. The molecule has 27 heavy (non-hydrogen) atoms. The fourth-order valence-electron chi connectivity index (χ4n) is 2.98. The Morgan fingerprint density at radius 1 is 1.15 bits per heavy atom. The van der Waals surface area contributed by atoms with Crippen molar-refractivity contribution in [2.45, 2.75) is 25.4 Å². The lowest BCUT2D eigenvalue weighted by atomic mass is 10.1. The van der Waals surface area contributed by atoms with Crippen molar-refractivity contribution in [2.24, 2.45) is 0 Å². The molecule has 2 atom stereocenters. The number of carbonyl (C=O) groups excluding carboxylic acids is 3. The third-order valence-corrected chi connectivity index (χ3v) is 4.44. The SMILES string of the molecule is CC(NC(=O)CN1C(=O)NC(Cc2ccccc2)C1=O)c1ccc(F)cc1. The van der Waals surface area contributed by atoms with E-state index in [1.54, 1.807) is 19.1 Å². The van der Waals surface area contributed by atoms with Gasteiger partial charge in [-0.15, -0.1) is 0 Å². The smallest absolute Gasteiger partial charge is 0.325 e. The molecule has 0 aromatic heterocycles. The number of carbonyl (C=O) groups is 3. The van der Waals surface area contributed by atoms with E-state index in [1.165, 1.54) is 12.1 Å². The van der Waals surface area contributed by atoms with E-state index in [2.05, 4.69) is 10.6 Å². The number of amides is 4. The molecule has 3 rings (SSSR count).